The highest BCUT2D eigenvalue weighted by Gasteiger charge is 2.46. The fraction of sp³-hybridized carbons (Fsp3) is 0.500. The average molecular weight is 325 g/mol. The van der Waals surface area contributed by atoms with Gasteiger partial charge < -0.3 is 15.8 Å². The smallest absolute Gasteiger partial charge is 0.244 e. The summed E-state index contributed by atoms with van der Waals surface area (Å²) in [7, 11) is -3.57. The number of nitrogens with two attached hydrogens (primary N) is 1. The number of hydrogen-bond acceptors (Lipinski definition) is 5. The third-order valence-electron chi connectivity index (χ3n) is 3.94. The number of ether oxygens (including phenoxy) is 1. The molecule has 0 radical (unpaired) electrons. The maximum absolute atomic E-state index is 12.6. The third kappa shape index (κ3) is 3.00. The lowest BCUT2D eigenvalue weighted by Gasteiger charge is -2.26. The zero-order chi connectivity index (χ0) is 15.8. The minimum atomic E-state index is -3.57. The number of rotatable bonds is 4. The molecule has 2 fully saturated rings. The van der Waals surface area contributed by atoms with Gasteiger partial charge in [0.25, 0.3) is 0 Å². The first kappa shape index (κ1) is 15.4. The Hall–Kier alpha value is -1.48. The van der Waals surface area contributed by atoms with Gasteiger partial charge in [-0.15, -0.1) is 0 Å². The van der Waals surface area contributed by atoms with Crippen LogP contribution in [0.1, 0.15) is 12.8 Å². The molecule has 3 rings (SSSR count). The first-order valence-corrected chi connectivity index (χ1v) is 8.64. The Morgan fingerprint density at radius 2 is 1.95 bits per heavy atom. The van der Waals surface area contributed by atoms with Crippen LogP contribution < -0.4 is 11.1 Å². The number of nitrogens with zero attached hydrogens (tertiary/aromatic N) is 1. The fourth-order valence-corrected chi connectivity index (χ4v) is 3.74. The molecule has 1 aliphatic carbocycles. The first-order valence-electron chi connectivity index (χ1n) is 7.20. The van der Waals surface area contributed by atoms with E-state index in [2.05, 4.69) is 5.32 Å². The number of carbonyl (C=O) groups is 1. The predicted octanol–water partition coefficient (Wildman–Crippen LogP) is 0.137. The van der Waals surface area contributed by atoms with Crippen LogP contribution in [0, 0.1) is 0 Å². The molecule has 8 heteroatoms. The SMILES string of the molecule is NC1(C(=O)Nc2cccc(S(=O)(=O)N3CCOCC3)c2)CC1. The summed E-state index contributed by atoms with van der Waals surface area (Å²) < 4.78 is 31.7. The third-order valence-corrected chi connectivity index (χ3v) is 5.84. The lowest BCUT2D eigenvalue weighted by atomic mass is 10.2. The minimum absolute atomic E-state index is 0.161. The van der Waals surface area contributed by atoms with Crippen molar-refractivity contribution in [2.45, 2.75) is 23.3 Å². The highest BCUT2D eigenvalue weighted by atomic mass is 32.2. The summed E-state index contributed by atoms with van der Waals surface area (Å²) in [6.07, 6.45) is 1.31. The van der Waals surface area contributed by atoms with E-state index in [0.29, 0.717) is 44.8 Å². The van der Waals surface area contributed by atoms with Crippen LogP contribution in [-0.4, -0.2) is 50.5 Å². The van der Waals surface area contributed by atoms with Crippen LogP contribution in [0.3, 0.4) is 0 Å². The molecule has 2 aliphatic rings. The highest BCUT2D eigenvalue weighted by molar-refractivity contribution is 7.89. The van der Waals surface area contributed by atoms with Crippen LogP contribution in [-0.2, 0) is 19.6 Å². The number of anilines is 1. The van der Waals surface area contributed by atoms with Crippen molar-refractivity contribution in [2.75, 3.05) is 31.6 Å². The van der Waals surface area contributed by atoms with Crippen LogP contribution in [0.4, 0.5) is 5.69 Å². The molecule has 3 N–H and O–H groups in total. The highest BCUT2D eigenvalue weighted by Crippen LogP contribution is 2.33. The molecule has 1 aromatic carbocycles. The van der Waals surface area contributed by atoms with Gasteiger partial charge >= 0.3 is 0 Å². The second-order valence-corrected chi connectivity index (χ2v) is 7.59. The molecule has 1 aliphatic heterocycles. The summed E-state index contributed by atoms with van der Waals surface area (Å²) in [5.74, 6) is -0.270. The van der Waals surface area contributed by atoms with E-state index in [1.54, 1.807) is 12.1 Å². The van der Waals surface area contributed by atoms with Crippen molar-refractivity contribution in [3.05, 3.63) is 24.3 Å². The molecule has 1 saturated carbocycles. The van der Waals surface area contributed by atoms with Crippen LogP contribution in [0.2, 0.25) is 0 Å². The van der Waals surface area contributed by atoms with Crippen LogP contribution >= 0.6 is 0 Å². The van der Waals surface area contributed by atoms with Gasteiger partial charge in [0.1, 0.15) is 0 Å². The Balaban J connectivity index is 1.79. The Labute approximate surface area is 129 Å². The quantitative estimate of drug-likeness (QED) is 0.820. The van der Waals surface area contributed by atoms with E-state index < -0.39 is 15.6 Å². The lowest BCUT2D eigenvalue weighted by molar-refractivity contribution is -0.118. The molecule has 0 aromatic heterocycles. The Morgan fingerprint density at radius 1 is 1.27 bits per heavy atom. The Bertz CT molecular complexity index is 679. The van der Waals surface area contributed by atoms with Gasteiger partial charge in [-0.2, -0.15) is 4.31 Å². The van der Waals surface area contributed by atoms with Crippen molar-refractivity contribution in [1.82, 2.24) is 4.31 Å². The van der Waals surface area contributed by atoms with Gasteiger partial charge in [-0.25, -0.2) is 8.42 Å². The van der Waals surface area contributed by atoms with Crippen molar-refractivity contribution < 1.29 is 17.9 Å². The largest absolute Gasteiger partial charge is 0.379 e. The van der Waals surface area contributed by atoms with E-state index in [1.165, 1.54) is 16.4 Å². The summed E-state index contributed by atoms with van der Waals surface area (Å²) in [6, 6.07) is 6.26. The molecule has 1 heterocycles. The topological polar surface area (TPSA) is 102 Å². The number of sulfonamides is 1. The normalized spacial score (nSPS) is 21.3. The summed E-state index contributed by atoms with van der Waals surface area (Å²) in [5, 5.41) is 2.69. The number of amides is 1. The number of benzene rings is 1. The molecular formula is C14H19N3O4S. The molecule has 120 valence electrons. The summed E-state index contributed by atoms with van der Waals surface area (Å²) in [6.45, 7) is 1.46. The van der Waals surface area contributed by atoms with E-state index in [1.807, 2.05) is 0 Å². The average Bonchev–Trinajstić information content (AvgIpc) is 3.28. The molecule has 7 nitrogen and oxygen atoms in total. The summed E-state index contributed by atoms with van der Waals surface area (Å²) in [4.78, 5) is 12.1. The Kier molecular flexibility index (Phi) is 3.94. The summed E-state index contributed by atoms with van der Waals surface area (Å²) >= 11 is 0. The second-order valence-electron chi connectivity index (χ2n) is 5.65. The molecule has 1 aromatic rings. The van der Waals surface area contributed by atoms with Crippen LogP contribution in [0.25, 0.3) is 0 Å². The lowest BCUT2D eigenvalue weighted by Crippen LogP contribution is -2.40. The molecule has 1 saturated heterocycles. The van der Waals surface area contributed by atoms with Gasteiger partial charge in [0.05, 0.1) is 23.6 Å². The zero-order valence-electron chi connectivity index (χ0n) is 12.1. The standard InChI is InChI=1S/C14H19N3O4S/c15-14(4-5-14)13(18)16-11-2-1-3-12(10-11)22(19,20)17-6-8-21-9-7-17/h1-3,10H,4-9,15H2,(H,16,18). The van der Waals surface area contributed by atoms with E-state index in [4.69, 9.17) is 10.5 Å². The van der Waals surface area contributed by atoms with Crippen molar-refractivity contribution in [3.8, 4) is 0 Å². The second kappa shape index (κ2) is 5.62. The predicted molar refractivity (Wildman–Crippen MR) is 80.8 cm³/mol. The maximum atomic E-state index is 12.6. The van der Waals surface area contributed by atoms with E-state index in [-0.39, 0.29) is 10.8 Å². The number of morpholine rings is 1. The molecule has 0 bridgehead atoms. The molecule has 22 heavy (non-hydrogen) atoms. The van der Waals surface area contributed by atoms with Crippen molar-refractivity contribution in [1.29, 1.82) is 0 Å². The van der Waals surface area contributed by atoms with Gasteiger partial charge in [0, 0.05) is 18.8 Å². The van der Waals surface area contributed by atoms with E-state index in [0.717, 1.165) is 0 Å². The van der Waals surface area contributed by atoms with Crippen LogP contribution in [0.5, 0.6) is 0 Å². The molecule has 0 spiro atoms. The fourth-order valence-electron chi connectivity index (χ4n) is 2.29. The van der Waals surface area contributed by atoms with Gasteiger partial charge in [0.2, 0.25) is 15.9 Å². The van der Waals surface area contributed by atoms with Gasteiger partial charge in [0.15, 0.2) is 0 Å². The maximum Gasteiger partial charge on any atom is 0.244 e. The van der Waals surface area contributed by atoms with Crippen LogP contribution in [0.15, 0.2) is 29.2 Å². The number of nitrogens with one attached hydrogen (secondary N) is 1. The zero-order valence-corrected chi connectivity index (χ0v) is 12.9. The van der Waals surface area contributed by atoms with Gasteiger partial charge in [-0.05, 0) is 31.0 Å². The summed E-state index contributed by atoms with van der Waals surface area (Å²) in [5.41, 5.74) is 5.47. The molecule has 0 unspecified atom stereocenters. The molecular weight excluding hydrogens is 306 g/mol. The van der Waals surface area contributed by atoms with Crippen molar-refractivity contribution in [2.24, 2.45) is 5.73 Å². The van der Waals surface area contributed by atoms with E-state index >= 15 is 0 Å². The van der Waals surface area contributed by atoms with Crippen molar-refractivity contribution in [3.63, 3.8) is 0 Å². The molecule has 0 atom stereocenters. The van der Waals surface area contributed by atoms with Gasteiger partial charge in [-0.1, -0.05) is 6.07 Å². The van der Waals surface area contributed by atoms with Gasteiger partial charge in [-0.3, -0.25) is 4.79 Å². The van der Waals surface area contributed by atoms with E-state index in [9.17, 15) is 13.2 Å². The van der Waals surface area contributed by atoms with Crippen molar-refractivity contribution >= 4 is 21.6 Å². The monoisotopic (exact) mass is 325 g/mol. The first-order chi connectivity index (χ1) is 10.4. The molecule has 1 amide bonds. The number of hydrogen-bond donors (Lipinski definition) is 2. The Morgan fingerprint density at radius 3 is 2.59 bits per heavy atom. The number of carbonyl (C=O) groups excluding carboxylic acids is 1. The minimum Gasteiger partial charge on any atom is -0.379 e.